The van der Waals surface area contributed by atoms with E-state index in [2.05, 4.69) is 31.5 Å². The van der Waals surface area contributed by atoms with Gasteiger partial charge in [-0.1, -0.05) is 0 Å². The van der Waals surface area contributed by atoms with Gasteiger partial charge in [0.2, 0.25) is 0 Å². The van der Waals surface area contributed by atoms with E-state index in [4.69, 9.17) is 0 Å². The Balaban J connectivity index is 2.31. The number of aromatic nitrogens is 1. The van der Waals surface area contributed by atoms with Gasteiger partial charge in [0.25, 0.3) is 5.91 Å². The Hall–Kier alpha value is -2.02. The van der Waals surface area contributed by atoms with Crippen LogP contribution in [0.1, 0.15) is 10.4 Å². The summed E-state index contributed by atoms with van der Waals surface area (Å²) in [5.74, 6) is -1.99. The minimum Gasteiger partial charge on any atom is -0.371 e. The van der Waals surface area contributed by atoms with Gasteiger partial charge in [0.1, 0.15) is 5.82 Å². The van der Waals surface area contributed by atoms with Crippen LogP contribution in [0.4, 0.5) is 20.3 Å². The van der Waals surface area contributed by atoms with Crippen LogP contribution >= 0.6 is 15.9 Å². The molecule has 0 saturated carbocycles. The van der Waals surface area contributed by atoms with Crippen molar-refractivity contribution in [3.05, 3.63) is 52.1 Å². The van der Waals surface area contributed by atoms with Crippen LogP contribution in [0.5, 0.6) is 0 Å². The van der Waals surface area contributed by atoms with Gasteiger partial charge in [-0.25, -0.2) is 13.8 Å². The number of rotatable bonds is 3. The van der Waals surface area contributed by atoms with Crippen molar-refractivity contribution >= 4 is 33.3 Å². The number of pyridine rings is 1. The summed E-state index contributed by atoms with van der Waals surface area (Å²) in [6, 6.07) is 5.08. The van der Waals surface area contributed by atoms with E-state index in [1.807, 2.05) is 0 Å². The van der Waals surface area contributed by atoms with Gasteiger partial charge in [0.05, 0.1) is 11.3 Å². The average molecular weight is 342 g/mol. The number of anilines is 2. The van der Waals surface area contributed by atoms with Gasteiger partial charge in [0, 0.05) is 17.7 Å². The van der Waals surface area contributed by atoms with Crippen LogP contribution in [0, 0.1) is 11.6 Å². The lowest BCUT2D eigenvalue weighted by atomic mass is 10.2. The van der Waals surface area contributed by atoms with Gasteiger partial charge in [-0.05, 0) is 40.2 Å². The van der Waals surface area contributed by atoms with Crippen LogP contribution in [0.25, 0.3) is 0 Å². The number of amides is 1. The quantitative estimate of drug-likeness (QED) is 0.899. The molecule has 20 heavy (non-hydrogen) atoms. The molecule has 0 fully saturated rings. The number of halogens is 3. The largest absolute Gasteiger partial charge is 0.371 e. The lowest BCUT2D eigenvalue weighted by molar-refractivity contribution is 0.102. The van der Waals surface area contributed by atoms with Gasteiger partial charge in [-0.3, -0.25) is 4.79 Å². The van der Waals surface area contributed by atoms with Crippen LogP contribution in [0.15, 0.2) is 34.9 Å². The number of nitrogens with one attached hydrogen (secondary N) is 2. The molecule has 0 saturated heterocycles. The molecule has 0 atom stereocenters. The molecule has 0 bridgehead atoms. The van der Waals surface area contributed by atoms with Gasteiger partial charge >= 0.3 is 0 Å². The van der Waals surface area contributed by atoms with Crippen molar-refractivity contribution in [3.63, 3.8) is 0 Å². The van der Waals surface area contributed by atoms with Crippen LogP contribution in [-0.2, 0) is 0 Å². The predicted octanol–water partition coefficient (Wildman–Crippen LogP) is 3.42. The Kier molecular flexibility index (Phi) is 4.29. The molecule has 0 aliphatic carbocycles. The van der Waals surface area contributed by atoms with E-state index in [1.54, 1.807) is 0 Å². The van der Waals surface area contributed by atoms with Crippen molar-refractivity contribution in [2.75, 3.05) is 17.7 Å². The van der Waals surface area contributed by atoms with Crippen molar-refractivity contribution < 1.29 is 13.6 Å². The maximum absolute atomic E-state index is 13.9. The first-order chi connectivity index (χ1) is 9.52. The Labute approximate surface area is 122 Å². The number of carbonyl (C=O) groups excluding carboxylic acids is 1. The molecule has 0 unspecified atom stereocenters. The topological polar surface area (TPSA) is 54.0 Å². The second-order valence-electron chi connectivity index (χ2n) is 3.85. The predicted molar refractivity (Wildman–Crippen MR) is 75.8 cm³/mol. The summed E-state index contributed by atoms with van der Waals surface area (Å²) in [4.78, 5) is 15.8. The van der Waals surface area contributed by atoms with E-state index in [9.17, 15) is 13.6 Å². The summed E-state index contributed by atoms with van der Waals surface area (Å²) in [5.41, 5.74) is 0.0396. The molecular weight excluding hydrogens is 332 g/mol. The van der Waals surface area contributed by atoms with E-state index >= 15 is 0 Å². The summed E-state index contributed by atoms with van der Waals surface area (Å²) >= 11 is 3.18. The Morgan fingerprint density at radius 1 is 1.30 bits per heavy atom. The Bertz CT molecular complexity index is 664. The average Bonchev–Trinajstić information content (AvgIpc) is 2.43. The zero-order chi connectivity index (χ0) is 14.7. The number of hydrogen-bond acceptors (Lipinski definition) is 3. The maximum Gasteiger partial charge on any atom is 0.258 e. The summed E-state index contributed by atoms with van der Waals surface area (Å²) in [6.45, 7) is 0. The minimum absolute atomic E-state index is 0.0315. The van der Waals surface area contributed by atoms with Crippen LogP contribution in [0.3, 0.4) is 0 Å². The first kappa shape index (κ1) is 14.4. The molecule has 0 aliphatic heterocycles. The van der Waals surface area contributed by atoms with Crippen molar-refractivity contribution in [2.24, 2.45) is 0 Å². The lowest BCUT2D eigenvalue weighted by Gasteiger charge is -2.09. The third-order valence-electron chi connectivity index (χ3n) is 2.55. The zero-order valence-corrected chi connectivity index (χ0v) is 12.0. The van der Waals surface area contributed by atoms with Crippen LogP contribution in [-0.4, -0.2) is 17.9 Å². The number of nitrogens with zero attached hydrogens (tertiary/aromatic N) is 1. The highest BCUT2D eigenvalue weighted by Gasteiger charge is 2.16. The smallest absolute Gasteiger partial charge is 0.258 e. The molecule has 1 aromatic heterocycles. The number of carbonyl (C=O) groups is 1. The second-order valence-corrected chi connectivity index (χ2v) is 4.70. The third-order valence-corrected chi connectivity index (χ3v) is 3.24. The van der Waals surface area contributed by atoms with Gasteiger partial charge in [-0.15, -0.1) is 0 Å². The van der Waals surface area contributed by atoms with E-state index in [0.717, 1.165) is 6.07 Å². The molecule has 0 radical (unpaired) electrons. The second kappa shape index (κ2) is 5.96. The molecule has 2 rings (SSSR count). The highest BCUT2D eigenvalue weighted by molar-refractivity contribution is 9.10. The van der Waals surface area contributed by atoms with E-state index < -0.39 is 17.5 Å². The summed E-state index contributed by atoms with van der Waals surface area (Å²) in [5, 5.41) is 4.98. The molecule has 1 aromatic carbocycles. The monoisotopic (exact) mass is 341 g/mol. The molecule has 4 nitrogen and oxygen atoms in total. The van der Waals surface area contributed by atoms with Crippen molar-refractivity contribution in [3.8, 4) is 0 Å². The summed E-state index contributed by atoms with van der Waals surface area (Å²) < 4.78 is 27.6. The zero-order valence-electron chi connectivity index (χ0n) is 10.4. The minimum atomic E-state index is -0.764. The molecule has 1 heterocycles. The Morgan fingerprint density at radius 3 is 2.75 bits per heavy atom. The normalized spacial score (nSPS) is 10.2. The number of benzene rings is 1. The molecule has 2 aromatic rings. The van der Waals surface area contributed by atoms with E-state index in [-0.39, 0.29) is 17.1 Å². The van der Waals surface area contributed by atoms with E-state index in [0.29, 0.717) is 4.47 Å². The highest BCUT2D eigenvalue weighted by atomic mass is 79.9. The van der Waals surface area contributed by atoms with Gasteiger partial charge < -0.3 is 10.6 Å². The molecule has 0 spiro atoms. The number of hydrogen-bond donors (Lipinski definition) is 2. The van der Waals surface area contributed by atoms with E-state index in [1.165, 1.54) is 31.4 Å². The van der Waals surface area contributed by atoms with Crippen molar-refractivity contribution in [1.29, 1.82) is 0 Å². The third kappa shape index (κ3) is 2.93. The summed E-state index contributed by atoms with van der Waals surface area (Å²) in [6.07, 6.45) is 1.31. The Morgan fingerprint density at radius 2 is 2.05 bits per heavy atom. The highest BCUT2D eigenvalue weighted by Crippen LogP contribution is 2.24. The van der Waals surface area contributed by atoms with Crippen LogP contribution < -0.4 is 10.6 Å². The van der Waals surface area contributed by atoms with Crippen molar-refractivity contribution in [2.45, 2.75) is 0 Å². The molecular formula is C13H10BrF2N3O. The fraction of sp³-hybridized carbons (Fsp3) is 0.0769. The maximum atomic E-state index is 13.9. The molecule has 104 valence electrons. The first-order valence-electron chi connectivity index (χ1n) is 5.61. The first-order valence-corrected chi connectivity index (χ1v) is 6.41. The van der Waals surface area contributed by atoms with Crippen LogP contribution in [0.2, 0.25) is 0 Å². The summed E-state index contributed by atoms with van der Waals surface area (Å²) in [7, 11) is 1.50. The fourth-order valence-electron chi connectivity index (χ4n) is 1.58. The molecule has 7 heteroatoms. The molecule has 2 N–H and O–H groups in total. The lowest BCUT2D eigenvalue weighted by Crippen LogP contribution is -2.15. The SMILES string of the molecule is CNc1nccc(C(=O)Nc2cc(F)ccc2Br)c1F. The fourth-order valence-corrected chi connectivity index (χ4v) is 1.92. The standard InChI is InChI=1S/C13H10BrF2N3O/c1-17-12-11(16)8(4-5-18-12)13(20)19-10-6-7(15)2-3-9(10)14/h2-6H,1H3,(H,17,18)(H,19,20). The van der Waals surface area contributed by atoms with Gasteiger partial charge in [0.15, 0.2) is 11.6 Å². The molecule has 1 amide bonds. The van der Waals surface area contributed by atoms with Crippen molar-refractivity contribution in [1.82, 2.24) is 4.98 Å². The van der Waals surface area contributed by atoms with Gasteiger partial charge in [-0.2, -0.15) is 0 Å². The molecule has 0 aliphatic rings.